The maximum atomic E-state index is 11.3. The van der Waals surface area contributed by atoms with Gasteiger partial charge in [-0.3, -0.25) is 15.4 Å². The number of nitrogens with zero attached hydrogens (tertiary/aromatic N) is 3. The van der Waals surface area contributed by atoms with Crippen LogP contribution in [0.1, 0.15) is 0 Å². The van der Waals surface area contributed by atoms with Crippen LogP contribution >= 0.6 is 0 Å². The highest BCUT2D eigenvalue weighted by molar-refractivity contribution is 6.45. The van der Waals surface area contributed by atoms with Crippen molar-refractivity contribution in [1.82, 2.24) is 4.57 Å². The fourth-order valence-electron chi connectivity index (χ4n) is 1.46. The van der Waals surface area contributed by atoms with E-state index < -0.39 is 11.6 Å². The third kappa shape index (κ3) is 2.30. The number of amidine groups is 1. The van der Waals surface area contributed by atoms with Crippen LogP contribution in [0.15, 0.2) is 32.5 Å². The zero-order valence-corrected chi connectivity index (χ0v) is 9.97. The van der Waals surface area contributed by atoms with E-state index in [9.17, 15) is 4.79 Å². The molecule has 0 saturated carbocycles. The molecular formula is C11H10N6O2. The van der Waals surface area contributed by atoms with Crippen LogP contribution in [0, 0.1) is 16.7 Å². The maximum absolute atomic E-state index is 11.3. The molecule has 0 saturated heterocycles. The number of nitriles is 1. The molecule has 0 aliphatic carbocycles. The van der Waals surface area contributed by atoms with Gasteiger partial charge in [0.05, 0.1) is 11.2 Å². The first-order chi connectivity index (χ1) is 9.02. The van der Waals surface area contributed by atoms with Gasteiger partial charge < -0.3 is 10.2 Å². The Morgan fingerprint density at radius 3 is 3.00 bits per heavy atom. The van der Waals surface area contributed by atoms with Crippen LogP contribution in [0.25, 0.3) is 11.1 Å². The van der Waals surface area contributed by atoms with E-state index in [0.717, 1.165) is 0 Å². The molecule has 1 heterocycles. The highest BCUT2D eigenvalue weighted by atomic mass is 16.4. The highest BCUT2D eigenvalue weighted by Crippen LogP contribution is 2.17. The molecule has 2 rings (SSSR count). The van der Waals surface area contributed by atoms with E-state index in [-0.39, 0.29) is 5.71 Å². The summed E-state index contributed by atoms with van der Waals surface area (Å²) in [6.07, 6.45) is 0. The average Bonchev–Trinajstić information content (AvgIpc) is 2.66. The fraction of sp³-hybridized carbons (Fsp3) is 0.0909. The lowest BCUT2D eigenvalue weighted by Gasteiger charge is -2.01. The molecule has 8 heteroatoms. The molecule has 8 nitrogen and oxygen atoms in total. The molecule has 1 aromatic carbocycles. The highest BCUT2D eigenvalue weighted by Gasteiger charge is 2.06. The van der Waals surface area contributed by atoms with E-state index in [4.69, 9.17) is 20.8 Å². The Hall–Kier alpha value is -3.08. The van der Waals surface area contributed by atoms with Crippen LogP contribution in [0.3, 0.4) is 0 Å². The number of nitrogens with one attached hydrogen (secondary N) is 2. The van der Waals surface area contributed by atoms with Crippen LogP contribution in [0.2, 0.25) is 0 Å². The van der Waals surface area contributed by atoms with Crippen molar-refractivity contribution in [3.63, 3.8) is 0 Å². The van der Waals surface area contributed by atoms with Crippen LogP contribution < -0.4 is 16.9 Å². The van der Waals surface area contributed by atoms with E-state index in [2.05, 4.69) is 10.5 Å². The van der Waals surface area contributed by atoms with Crippen molar-refractivity contribution in [3.05, 3.63) is 28.7 Å². The number of hydrogen-bond donors (Lipinski definition) is 3. The molecule has 0 spiro atoms. The second-order valence-corrected chi connectivity index (χ2v) is 3.71. The van der Waals surface area contributed by atoms with Gasteiger partial charge in [-0.2, -0.15) is 10.4 Å². The lowest BCUT2D eigenvalue weighted by Crippen LogP contribution is -2.21. The summed E-state index contributed by atoms with van der Waals surface area (Å²) < 4.78 is 6.32. The summed E-state index contributed by atoms with van der Waals surface area (Å²) in [5.74, 6) is -0.885. The molecule has 4 N–H and O–H groups in total. The number of aryl methyl sites for hydroxylation is 1. The van der Waals surface area contributed by atoms with E-state index >= 15 is 0 Å². The Labute approximate surface area is 107 Å². The van der Waals surface area contributed by atoms with Crippen molar-refractivity contribution in [2.45, 2.75) is 0 Å². The first kappa shape index (κ1) is 12.4. The minimum absolute atomic E-state index is 0.221. The number of oxazole rings is 1. The molecule has 0 atom stereocenters. The Bertz CT molecular complexity index is 777. The number of nitrogens with two attached hydrogens (primary N) is 1. The Morgan fingerprint density at radius 1 is 1.63 bits per heavy atom. The predicted octanol–water partition coefficient (Wildman–Crippen LogP) is 0.359. The maximum Gasteiger partial charge on any atom is 0.419 e. The standard InChI is InChI=1S/C11H10N6O2/c1-17-8-4-6(2-3-9(8)19-11(17)18)15-16-7(5-12)10(13)14/h2-4,15H,1H3,(H3,13,14)/b16-7+. The van der Waals surface area contributed by atoms with Crippen molar-refractivity contribution < 1.29 is 4.42 Å². The van der Waals surface area contributed by atoms with Crippen molar-refractivity contribution in [2.75, 3.05) is 5.43 Å². The van der Waals surface area contributed by atoms with Gasteiger partial charge in [0.25, 0.3) is 0 Å². The molecule has 0 aliphatic rings. The third-order valence-electron chi connectivity index (χ3n) is 2.45. The number of hydrogen-bond acceptors (Lipinski definition) is 6. The average molecular weight is 258 g/mol. The van der Waals surface area contributed by atoms with Gasteiger partial charge in [0, 0.05) is 7.05 Å². The van der Waals surface area contributed by atoms with Gasteiger partial charge in [-0.25, -0.2) is 4.79 Å². The van der Waals surface area contributed by atoms with Crippen LogP contribution in [-0.4, -0.2) is 16.1 Å². The monoisotopic (exact) mass is 258 g/mol. The molecule has 96 valence electrons. The van der Waals surface area contributed by atoms with Gasteiger partial charge in [-0.05, 0) is 18.2 Å². The smallest absolute Gasteiger partial charge is 0.408 e. The van der Waals surface area contributed by atoms with Gasteiger partial charge in [-0.15, -0.1) is 0 Å². The minimum Gasteiger partial charge on any atom is -0.408 e. The zero-order valence-electron chi connectivity index (χ0n) is 9.97. The van der Waals surface area contributed by atoms with Crippen molar-refractivity contribution >= 4 is 28.3 Å². The summed E-state index contributed by atoms with van der Waals surface area (Å²) in [5.41, 5.74) is 9.11. The molecule has 0 bridgehead atoms. The first-order valence-electron chi connectivity index (χ1n) is 5.20. The summed E-state index contributed by atoms with van der Waals surface area (Å²) in [6.45, 7) is 0. The van der Waals surface area contributed by atoms with Crippen LogP contribution in [-0.2, 0) is 7.05 Å². The normalized spacial score (nSPS) is 11.3. The number of fused-ring (bicyclic) bond motifs is 1. The molecule has 0 unspecified atom stereocenters. The first-order valence-corrected chi connectivity index (χ1v) is 5.20. The number of rotatable bonds is 3. The number of anilines is 1. The second-order valence-electron chi connectivity index (χ2n) is 3.71. The SMILES string of the molecule is Cn1c(=O)oc2ccc(N/N=C(\C#N)C(=N)N)cc21. The molecule has 1 aromatic heterocycles. The quantitative estimate of drug-likeness (QED) is 0.415. The Balaban J connectivity index is 2.37. The van der Waals surface area contributed by atoms with Crippen LogP contribution in [0.4, 0.5) is 5.69 Å². The Kier molecular flexibility index (Phi) is 3.03. The summed E-state index contributed by atoms with van der Waals surface area (Å²) >= 11 is 0. The number of benzene rings is 1. The van der Waals surface area contributed by atoms with E-state index in [1.807, 2.05) is 0 Å². The lowest BCUT2D eigenvalue weighted by molar-refractivity contribution is 0.528. The molecular weight excluding hydrogens is 248 g/mol. The van der Waals surface area contributed by atoms with E-state index in [1.54, 1.807) is 31.3 Å². The summed E-state index contributed by atoms with van der Waals surface area (Å²) in [4.78, 5) is 11.3. The number of aromatic nitrogens is 1. The van der Waals surface area contributed by atoms with Crippen molar-refractivity contribution in [3.8, 4) is 6.07 Å². The largest absolute Gasteiger partial charge is 0.419 e. The summed E-state index contributed by atoms with van der Waals surface area (Å²) in [6, 6.07) is 6.56. The van der Waals surface area contributed by atoms with Crippen molar-refractivity contribution in [2.24, 2.45) is 17.9 Å². The van der Waals surface area contributed by atoms with Gasteiger partial charge >= 0.3 is 5.76 Å². The molecule has 2 aromatic rings. The van der Waals surface area contributed by atoms with Crippen molar-refractivity contribution in [1.29, 1.82) is 10.7 Å². The summed E-state index contributed by atoms with van der Waals surface area (Å²) in [5, 5.41) is 19.5. The van der Waals surface area contributed by atoms with Crippen LogP contribution in [0.5, 0.6) is 0 Å². The molecule has 0 amide bonds. The molecule has 0 aliphatic heterocycles. The third-order valence-corrected chi connectivity index (χ3v) is 2.45. The van der Waals surface area contributed by atoms with Gasteiger partial charge in [0.15, 0.2) is 11.4 Å². The summed E-state index contributed by atoms with van der Waals surface area (Å²) in [7, 11) is 1.58. The van der Waals surface area contributed by atoms with E-state index in [0.29, 0.717) is 16.8 Å². The zero-order chi connectivity index (χ0) is 14.0. The Morgan fingerprint density at radius 2 is 2.37 bits per heavy atom. The lowest BCUT2D eigenvalue weighted by atomic mass is 10.3. The topological polar surface area (TPSA) is 133 Å². The minimum atomic E-state index is -0.461. The molecule has 19 heavy (non-hydrogen) atoms. The second kappa shape index (κ2) is 4.66. The van der Waals surface area contributed by atoms with Gasteiger partial charge in [0.2, 0.25) is 5.71 Å². The van der Waals surface area contributed by atoms with Gasteiger partial charge in [-0.1, -0.05) is 0 Å². The molecule has 0 radical (unpaired) electrons. The fourth-order valence-corrected chi connectivity index (χ4v) is 1.46. The van der Waals surface area contributed by atoms with E-state index in [1.165, 1.54) is 4.57 Å². The predicted molar refractivity (Wildman–Crippen MR) is 70.0 cm³/mol. The van der Waals surface area contributed by atoms with Gasteiger partial charge in [0.1, 0.15) is 6.07 Å². The number of hydrazone groups is 1. The molecule has 0 fully saturated rings.